The smallest absolute Gasteiger partial charge is 0.408 e. The van der Waals surface area contributed by atoms with E-state index in [9.17, 15) is 14.4 Å². The molecule has 7 heteroatoms. The maximum absolute atomic E-state index is 14.8. The van der Waals surface area contributed by atoms with Gasteiger partial charge in [-0.05, 0) is 86.2 Å². The van der Waals surface area contributed by atoms with Crippen molar-refractivity contribution in [1.82, 2.24) is 10.2 Å². The van der Waals surface area contributed by atoms with E-state index < -0.39 is 23.8 Å². The number of carbonyl (C=O) groups excluding carboxylic acids is 3. The van der Waals surface area contributed by atoms with Gasteiger partial charge in [0.25, 0.3) is 5.91 Å². The lowest BCUT2D eigenvalue weighted by atomic mass is 9.94. The number of carbonyl (C=O) groups is 3. The van der Waals surface area contributed by atoms with Crippen LogP contribution < -0.4 is 10.6 Å². The van der Waals surface area contributed by atoms with Crippen LogP contribution in [0.3, 0.4) is 0 Å². The molecule has 4 aromatic rings. The van der Waals surface area contributed by atoms with E-state index in [1.54, 1.807) is 25.7 Å². The molecule has 3 amide bonds. The summed E-state index contributed by atoms with van der Waals surface area (Å²) < 4.78 is 5.59. The van der Waals surface area contributed by atoms with Crippen LogP contribution >= 0.6 is 0 Å². The molecule has 0 spiro atoms. The summed E-state index contributed by atoms with van der Waals surface area (Å²) in [7, 11) is 0. The topological polar surface area (TPSA) is 87.7 Å². The third kappa shape index (κ3) is 9.92. The summed E-state index contributed by atoms with van der Waals surface area (Å²) in [5, 5.41) is 8.07. The summed E-state index contributed by atoms with van der Waals surface area (Å²) in [4.78, 5) is 44.1. The minimum atomic E-state index is -0.959. The average molecular weight is 636 g/mol. The van der Waals surface area contributed by atoms with Crippen LogP contribution in [-0.2, 0) is 20.7 Å². The second kappa shape index (κ2) is 16.3. The van der Waals surface area contributed by atoms with Crippen LogP contribution in [-0.4, -0.2) is 41.0 Å². The monoisotopic (exact) mass is 635 g/mol. The van der Waals surface area contributed by atoms with Crippen molar-refractivity contribution >= 4 is 34.4 Å². The number of anilines is 1. The zero-order chi connectivity index (χ0) is 34.0. The second-order valence-corrected chi connectivity index (χ2v) is 13.2. The molecule has 2 unspecified atom stereocenters. The molecule has 0 bridgehead atoms. The number of rotatable bonds is 13. The molecule has 0 fully saturated rings. The first-order chi connectivity index (χ1) is 22.5. The zero-order valence-electron chi connectivity index (χ0n) is 28.6. The Morgan fingerprint density at radius 2 is 1.51 bits per heavy atom. The highest BCUT2D eigenvalue weighted by Crippen LogP contribution is 2.30. The summed E-state index contributed by atoms with van der Waals surface area (Å²) in [5.74, 6) is -0.649. The van der Waals surface area contributed by atoms with Gasteiger partial charge in [0.1, 0.15) is 17.7 Å². The van der Waals surface area contributed by atoms with Gasteiger partial charge in [-0.2, -0.15) is 0 Å². The Hall–Kier alpha value is -4.65. The first-order valence-corrected chi connectivity index (χ1v) is 16.7. The molecule has 47 heavy (non-hydrogen) atoms. The number of amides is 3. The number of fused-ring (bicyclic) bond motifs is 1. The SMILES string of the molecule is CCCCCCN(C(=O)C(Cc1ccccc1)NC(=O)OC(C)(C)C)C(C(=O)Nc1ccc2ccccc2c1)c1cccc(C)c1C. The maximum Gasteiger partial charge on any atom is 0.408 e. The van der Waals surface area contributed by atoms with E-state index in [0.717, 1.165) is 52.3 Å². The Bertz CT molecular complexity index is 1660. The van der Waals surface area contributed by atoms with Crippen LogP contribution in [0.15, 0.2) is 91.0 Å². The summed E-state index contributed by atoms with van der Waals surface area (Å²) in [5.41, 5.74) is 3.51. The van der Waals surface area contributed by atoms with Gasteiger partial charge in [0.05, 0.1) is 0 Å². The zero-order valence-corrected chi connectivity index (χ0v) is 28.6. The summed E-state index contributed by atoms with van der Waals surface area (Å²) >= 11 is 0. The number of nitrogens with one attached hydrogen (secondary N) is 2. The molecule has 7 nitrogen and oxygen atoms in total. The van der Waals surface area contributed by atoms with Crippen molar-refractivity contribution in [3.8, 4) is 0 Å². The summed E-state index contributed by atoms with van der Waals surface area (Å²) in [6, 6.07) is 27.3. The van der Waals surface area contributed by atoms with E-state index in [1.807, 2.05) is 105 Å². The molecule has 0 aliphatic heterocycles. The molecule has 2 atom stereocenters. The number of benzene rings is 4. The van der Waals surface area contributed by atoms with E-state index in [2.05, 4.69) is 17.6 Å². The lowest BCUT2D eigenvalue weighted by molar-refractivity contribution is -0.140. The van der Waals surface area contributed by atoms with Gasteiger partial charge in [0.15, 0.2) is 0 Å². The number of hydrogen-bond donors (Lipinski definition) is 2. The van der Waals surface area contributed by atoms with E-state index in [4.69, 9.17) is 4.74 Å². The van der Waals surface area contributed by atoms with E-state index in [-0.39, 0.29) is 18.2 Å². The van der Waals surface area contributed by atoms with Crippen molar-refractivity contribution in [2.24, 2.45) is 0 Å². The fourth-order valence-electron chi connectivity index (χ4n) is 5.77. The van der Waals surface area contributed by atoms with Crippen LogP contribution in [0.4, 0.5) is 10.5 Å². The van der Waals surface area contributed by atoms with Crippen molar-refractivity contribution in [2.75, 3.05) is 11.9 Å². The van der Waals surface area contributed by atoms with Crippen LogP contribution in [0, 0.1) is 13.8 Å². The number of alkyl carbamates (subject to hydrolysis) is 1. The van der Waals surface area contributed by atoms with Crippen molar-refractivity contribution in [3.63, 3.8) is 0 Å². The quantitative estimate of drug-likeness (QED) is 0.144. The Labute approximate surface area is 279 Å². The van der Waals surface area contributed by atoms with Gasteiger partial charge >= 0.3 is 6.09 Å². The van der Waals surface area contributed by atoms with Crippen molar-refractivity contribution in [3.05, 3.63) is 113 Å². The summed E-state index contributed by atoms with van der Waals surface area (Å²) in [6.45, 7) is 11.8. The van der Waals surface area contributed by atoms with Gasteiger partial charge in [-0.25, -0.2) is 4.79 Å². The molecule has 0 saturated carbocycles. The highest BCUT2D eigenvalue weighted by molar-refractivity contribution is 6.00. The number of aryl methyl sites for hydroxylation is 1. The van der Waals surface area contributed by atoms with Gasteiger partial charge < -0.3 is 20.3 Å². The van der Waals surface area contributed by atoms with Crippen molar-refractivity contribution < 1.29 is 19.1 Å². The Balaban J connectivity index is 1.78. The molecule has 0 heterocycles. The van der Waals surface area contributed by atoms with Crippen molar-refractivity contribution in [1.29, 1.82) is 0 Å². The minimum absolute atomic E-state index is 0.246. The molecule has 0 saturated heterocycles. The molecule has 2 N–H and O–H groups in total. The van der Waals surface area contributed by atoms with Gasteiger partial charge in [-0.15, -0.1) is 0 Å². The average Bonchev–Trinajstić information content (AvgIpc) is 3.03. The molecular formula is C40H49N3O4. The van der Waals surface area contributed by atoms with Crippen LogP contribution in [0.5, 0.6) is 0 Å². The Morgan fingerprint density at radius 1 is 0.809 bits per heavy atom. The molecule has 0 aliphatic rings. The highest BCUT2D eigenvalue weighted by atomic mass is 16.6. The molecule has 0 radical (unpaired) electrons. The fourth-order valence-corrected chi connectivity index (χ4v) is 5.77. The van der Waals surface area contributed by atoms with Gasteiger partial charge in [0.2, 0.25) is 5.91 Å². The third-order valence-electron chi connectivity index (χ3n) is 8.33. The standard InChI is InChI=1S/C40H49N3O4/c1-7-8-9-15-25-43(38(45)35(26-30-18-11-10-12-19-30)42-39(46)47-40(4,5)6)36(34-22-16-17-28(2)29(34)3)37(44)41-33-24-23-31-20-13-14-21-32(31)27-33/h10-14,16-24,27,35-36H,7-9,15,25-26H2,1-6H3,(H,41,44)(H,42,46). The van der Waals surface area contributed by atoms with Crippen LogP contribution in [0.25, 0.3) is 10.8 Å². The second-order valence-electron chi connectivity index (χ2n) is 13.2. The molecule has 248 valence electrons. The molecule has 4 rings (SSSR count). The fraction of sp³-hybridized carbons (Fsp3) is 0.375. The van der Waals surface area contributed by atoms with Crippen LogP contribution in [0.2, 0.25) is 0 Å². The van der Waals surface area contributed by atoms with E-state index in [0.29, 0.717) is 18.7 Å². The molecule has 4 aromatic carbocycles. The first-order valence-electron chi connectivity index (χ1n) is 16.7. The first kappa shape index (κ1) is 35.2. The summed E-state index contributed by atoms with van der Waals surface area (Å²) in [6.07, 6.45) is 3.25. The minimum Gasteiger partial charge on any atom is -0.444 e. The largest absolute Gasteiger partial charge is 0.444 e. The lowest BCUT2D eigenvalue weighted by Gasteiger charge is -2.35. The Morgan fingerprint density at radius 3 is 2.21 bits per heavy atom. The van der Waals surface area contributed by atoms with Crippen molar-refractivity contribution in [2.45, 2.75) is 91.3 Å². The maximum atomic E-state index is 14.8. The molecule has 0 aromatic heterocycles. The van der Waals surface area contributed by atoms with E-state index >= 15 is 0 Å². The molecular weight excluding hydrogens is 586 g/mol. The van der Waals surface area contributed by atoms with Gasteiger partial charge in [0, 0.05) is 18.7 Å². The van der Waals surface area contributed by atoms with Gasteiger partial charge in [-0.1, -0.05) is 105 Å². The van der Waals surface area contributed by atoms with E-state index in [1.165, 1.54) is 0 Å². The number of hydrogen-bond acceptors (Lipinski definition) is 4. The molecule has 0 aliphatic carbocycles. The predicted molar refractivity (Wildman–Crippen MR) is 190 cm³/mol. The predicted octanol–water partition coefficient (Wildman–Crippen LogP) is 8.68. The van der Waals surface area contributed by atoms with Gasteiger partial charge in [-0.3, -0.25) is 9.59 Å². The number of unbranched alkanes of at least 4 members (excludes halogenated alkanes) is 3. The normalized spacial score (nSPS) is 12.6. The number of nitrogens with zero attached hydrogens (tertiary/aromatic N) is 1. The Kier molecular flexibility index (Phi) is 12.2. The third-order valence-corrected chi connectivity index (χ3v) is 8.33. The van der Waals surface area contributed by atoms with Crippen LogP contribution in [0.1, 0.15) is 81.7 Å². The highest BCUT2D eigenvalue weighted by Gasteiger charge is 2.37. The lowest BCUT2D eigenvalue weighted by Crippen LogP contribution is -2.53. The number of ether oxygens (including phenoxy) is 1.